The molecule has 1 N–H and O–H groups in total. The van der Waals surface area contributed by atoms with Crippen molar-refractivity contribution in [2.45, 2.75) is 37.5 Å². The van der Waals surface area contributed by atoms with Crippen LogP contribution >= 0.6 is 22.6 Å². The Balaban J connectivity index is 1.88. The molecule has 0 unspecified atom stereocenters. The van der Waals surface area contributed by atoms with Gasteiger partial charge < -0.3 is 4.98 Å². The second-order valence-electron chi connectivity index (χ2n) is 5.75. The molecule has 0 spiro atoms. The third-order valence-corrected chi connectivity index (χ3v) is 5.13. The molecule has 1 aromatic carbocycles. The highest BCUT2D eigenvalue weighted by molar-refractivity contribution is 14.1. The van der Waals surface area contributed by atoms with Crippen LogP contribution in [0.1, 0.15) is 48.8 Å². The lowest BCUT2D eigenvalue weighted by Gasteiger charge is -2.10. The van der Waals surface area contributed by atoms with Crippen LogP contribution in [0.5, 0.6) is 0 Å². The molecule has 1 aromatic heterocycles. The zero-order valence-electron chi connectivity index (χ0n) is 11.0. The van der Waals surface area contributed by atoms with Crippen LogP contribution in [0.4, 0.5) is 0 Å². The number of nitrogens with one attached hydrogen (secondary N) is 1. The van der Waals surface area contributed by atoms with Gasteiger partial charge in [-0.3, -0.25) is 4.79 Å². The van der Waals surface area contributed by atoms with Crippen molar-refractivity contribution in [3.8, 4) is 11.4 Å². The maximum absolute atomic E-state index is 12.2. The van der Waals surface area contributed by atoms with E-state index in [0.717, 1.165) is 33.5 Å². The second-order valence-corrected chi connectivity index (χ2v) is 6.83. The van der Waals surface area contributed by atoms with Gasteiger partial charge in [-0.05, 0) is 59.8 Å². The molecule has 2 aliphatic rings. The Morgan fingerprint density at radius 1 is 1.10 bits per heavy atom. The van der Waals surface area contributed by atoms with Crippen LogP contribution in [0.25, 0.3) is 11.4 Å². The Hall–Kier alpha value is -1.17. The lowest BCUT2D eigenvalue weighted by atomic mass is 10.0. The van der Waals surface area contributed by atoms with Gasteiger partial charge in [-0.25, -0.2) is 4.98 Å². The van der Waals surface area contributed by atoms with Crippen LogP contribution in [-0.4, -0.2) is 9.97 Å². The summed E-state index contributed by atoms with van der Waals surface area (Å²) in [5, 5.41) is 0. The second kappa shape index (κ2) is 4.69. The van der Waals surface area contributed by atoms with E-state index in [-0.39, 0.29) is 5.56 Å². The van der Waals surface area contributed by atoms with E-state index in [1.54, 1.807) is 0 Å². The van der Waals surface area contributed by atoms with Crippen molar-refractivity contribution >= 4 is 22.6 Å². The number of hydrogen-bond donors (Lipinski definition) is 1. The first-order valence-electron chi connectivity index (χ1n) is 7.13. The number of hydrogen-bond acceptors (Lipinski definition) is 2. The van der Waals surface area contributed by atoms with Gasteiger partial charge >= 0.3 is 0 Å². The zero-order valence-corrected chi connectivity index (χ0v) is 13.2. The number of nitrogens with zero attached hydrogens (tertiary/aromatic N) is 1. The summed E-state index contributed by atoms with van der Waals surface area (Å²) in [6.45, 7) is 0. The highest BCUT2D eigenvalue weighted by Crippen LogP contribution is 2.44. The summed E-state index contributed by atoms with van der Waals surface area (Å²) in [5.41, 5.74) is 3.43. The van der Waals surface area contributed by atoms with Crippen LogP contribution in [-0.2, 0) is 0 Å². The molecule has 0 atom stereocenters. The van der Waals surface area contributed by atoms with E-state index in [2.05, 4.69) is 45.8 Å². The highest BCUT2D eigenvalue weighted by atomic mass is 127. The number of rotatable bonds is 3. The maximum Gasteiger partial charge on any atom is 0.264 e. The fraction of sp³-hybridized carbons (Fsp3) is 0.375. The summed E-state index contributed by atoms with van der Waals surface area (Å²) < 4.78 is 0.762. The first-order valence-corrected chi connectivity index (χ1v) is 8.21. The number of aromatic amines is 1. The number of halogens is 1. The first kappa shape index (κ1) is 12.6. The molecule has 2 aromatic rings. The molecule has 0 radical (unpaired) electrons. The van der Waals surface area contributed by atoms with Gasteiger partial charge in [-0.15, -0.1) is 0 Å². The quantitative estimate of drug-likeness (QED) is 0.826. The SMILES string of the molecule is O=c1[nH]c(-c2ccccc2C2CC2)nc(C2CC2)c1I. The van der Waals surface area contributed by atoms with Gasteiger partial charge in [0.25, 0.3) is 5.56 Å². The van der Waals surface area contributed by atoms with Crippen molar-refractivity contribution < 1.29 is 0 Å². The zero-order chi connectivity index (χ0) is 13.7. The standard InChI is InChI=1S/C16H15IN2O/c17-13-14(10-7-8-10)18-15(19-16(13)20)12-4-2-1-3-11(12)9-5-6-9/h1-4,9-10H,5-8H2,(H,18,19,20). The van der Waals surface area contributed by atoms with E-state index in [9.17, 15) is 4.79 Å². The van der Waals surface area contributed by atoms with Gasteiger partial charge in [0.05, 0.1) is 9.26 Å². The van der Waals surface area contributed by atoms with Crippen molar-refractivity contribution in [1.82, 2.24) is 9.97 Å². The van der Waals surface area contributed by atoms with E-state index in [4.69, 9.17) is 4.98 Å². The van der Waals surface area contributed by atoms with Crippen LogP contribution in [0.15, 0.2) is 29.1 Å². The Kier molecular flexibility index (Phi) is 2.94. The minimum absolute atomic E-state index is 0.00287. The number of aromatic nitrogens is 2. The Bertz CT molecular complexity index is 729. The fourth-order valence-electron chi connectivity index (χ4n) is 2.69. The monoisotopic (exact) mass is 378 g/mol. The summed E-state index contributed by atoms with van der Waals surface area (Å²) in [7, 11) is 0. The van der Waals surface area contributed by atoms with Crippen LogP contribution in [0.2, 0.25) is 0 Å². The van der Waals surface area contributed by atoms with Crippen LogP contribution in [0, 0.1) is 3.57 Å². The minimum atomic E-state index is 0.00287. The van der Waals surface area contributed by atoms with E-state index >= 15 is 0 Å². The van der Waals surface area contributed by atoms with Gasteiger partial charge in [0.15, 0.2) is 0 Å². The molecule has 0 saturated heterocycles. The Morgan fingerprint density at radius 3 is 2.50 bits per heavy atom. The number of benzene rings is 1. The van der Waals surface area contributed by atoms with Crippen LogP contribution in [0.3, 0.4) is 0 Å². The molecule has 3 nitrogen and oxygen atoms in total. The smallest absolute Gasteiger partial charge is 0.264 e. The van der Waals surface area contributed by atoms with Crippen molar-refractivity contribution in [1.29, 1.82) is 0 Å². The van der Waals surface area contributed by atoms with Crippen molar-refractivity contribution in [2.75, 3.05) is 0 Å². The normalized spacial score (nSPS) is 18.2. The molecular weight excluding hydrogens is 363 g/mol. The molecule has 1 heterocycles. The molecule has 2 saturated carbocycles. The molecule has 4 heteroatoms. The predicted octanol–water partition coefficient (Wildman–Crippen LogP) is 3.80. The van der Waals surface area contributed by atoms with Crippen molar-refractivity contribution in [2.24, 2.45) is 0 Å². The topological polar surface area (TPSA) is 45.8 Å². The third-order valence-electron chi connectivity index (χ3n) is 4.09. The van der Waals surface area contributed by atoms with E-state index in [0.29, 0.717) is 11.8 Å². The minimum Gasteiger partial charge on any atom is -0.306 e. The van der Waals surface area contributed by atoms with E-state index in [1.807, 2.05) is 6.07 Å². The molecule has 20 heavy (non-hydrogen) atoms. The molecular formula is C16H15IN2O. The first-order chi connectivity index (χ1) is 9.74. The van der Waals surface area contributed by atoms with Gasteiger partial charge in [-0.1, -0.05) is 24.3 Å². The molecule has 2 aliphatic carbocycles. The average Bonchev–Trinajstić information content (AvgIpc) is 3.34. The van der Waals surface area contributed by atoms with E-state index < -0.39 is 0 Å². The van der Waals surface area contributed by atoms with Crippen molar-refractivity contribution in [3.63, 3.8) is 0 Å². The fourth-order valence-corrected chi connectivity index (χ4v) is 3.39. The molecule has 0 aliphatic heterocycles. The Labute approximate surface area is 131 Å². The summed E-state index contributed by atoms with van der Waals surface area (Å²) in [6.07, 6.45) is 4.83. The van der Waals surface area contributed by atoms with Gasteiger partial charge in [0.2, 0.25) is 0 Å². The van der Waals surface area contributed by atoms with Gasteiger partial charge in [-0.2, -0.15) is 0 Å². The lowest BCUT2D eigenvalue weighted by molar-refractivity contribution is 0.954. The molecule has 102 valence electrons. The van der Waals surface area contributed by atoms with Gasteiger partial charge in [0.1, 0.15) is 5.82 Å². The summed E-state index contributed by atoms with van der Waals surface area (Å²) in [4.78, 5) is 19.9. The lowest BCUT2D eigenvalue weighted by Crippen LogP contribution is -2.16. The van der Waals surface area contributed by atoms with E-state index in [1.165, 1.54) is 18.4 Å². The molecule has 2 fully saturated rings. The summed E-state index contributed by atoms with van der Waals surface area (Å²) >= 11 is 2.12. The van der Waals surface area contributed by atoms with Crippen molar-refractivity contribution in [3.05, 3.63) is 49.4 Å². The third kappa shape index (κ3) is 2.20. The maximum atomic E-state index is 12.2. The predicted molar refractivity (Wildman–Crippen MR) is 87.0 cm³/mol. The number of H-pyrrole nitrogens is 1. The largest absolute Gasteiger partial charge is 0.306 e. The summed E-state index contributed by atoms with van der Waals surface area (Å²) in [5.74, 6) is 1.90. The van der Waals surface area contributed by atoms with Crippen LogP contribution < -0.4 is 5.56 Å². The van der Waals surface area contributed by atoms with Gasteiger partial charge in [0, 0.05) is 11.5 Å². The summed E-state index contributed by atoms with van der Waals surface area (Å²) in [6, 6.07) is 8.34. The molecule has 0 bridgehead atoms. The molecule has 4 rings (SSSR count). The Morgan fingerprint density at radius 2 is 1.80 bits per heavy atom. The highest BCUT2D eigenvalue weighted by Gasteiger charge is 2.30. The molecule has 0 amide bonds. The average molecular weight is 378 g/mol.